The third-order valence-corrected chi connectivity index (χ3v) is 5.06. The van der Waals surface area contributed by atoms with Crippen LogP contribution in [0.4, 0.5) is 0 Å². The molecule has 4 nitrogen and oxygen atoms in total. The predicted octanol–water partition coefficient (Wildman–Crippen LogP) is 3.32. The third-order valence-electron chi connectivity index (χ3n) is 5.06. The minimum atomic E-state index is -0.146. The monoisotopic (exact) mass is 281 g/mol. The van der Waals surface area contributed by atoms with Crippen molar-refractivity contribution in [3.8, 4) is 0 Å². The van der Waals surface area contributed by atoms with E-state index in [0.29, 0.717) is 11.5 Å². The van der Waals surface area contributed by atoms with Crippen LogP contribution in [0.5, 0.6) is 0 Å². The number of hydrogen-bond donors (Lipinski definition) is 2. The van der Waals surface area contributed by atoms with Crippen molar-refractivity contribution in [2.24, 2.45) is 22.9 Å². The minimum Gasteiger partial charge on any atom is -0.360 e. The van der Waals surface area contributed by atoms with Crippen molar-refractivity contribution in [1.82, 2.24) is 10.4 Å². The molecule has 4 rings (SSSR count). The number of fused-ring (bicyclic) bond motifs is 3. The molecule has 2 saturated carbocycles. The van der Waals surface area contributed by atoms with Gasteiger partial charge in [-0.1, -0.05) is 24.6 Å². The van der Waals surface area contributed by atoms with Gasteiger partial charge in [-0.2, -0.15) is 5.10 Å². The largest absolute Gasteiger partial charge is 0.360 e. The van der Waals surface area contributed by atoms with Gasteiger partial charge in [0, 0.05) is 23.3 Å². The first-order chi connectivity index (χ1) is 10.3. The molecule has 0 radical (unpaired) electrons. The van der Waals surface area contributed by atoms with Crippen LogP contribution >= 0.6 is 0 Å². The third kappa shape index (κ3) is 2.24. The number of H-pyrrole nitrogens is 1. The summed E-state index contributed by atoms with van der Waals surface area (Å²) in [6, 6.07) is 7.80. The highest BCUT2D eigenvalue weighted by molar-refractivity contribution is 6.06. The van der Waals surface area contributed by atoms with Gasteiger partial charge in [-0.05, 0) is 43.1 Å². The van der Waals surface area contributed by atoms with Gasteiger partial charge in [-0.15, -0.1) is 0 Å². The van der Waals surface area contributed by atoms with Crippen molar-refractivity contribution in [3.63, 3.8) is 0 Å². The topological polar surface area (TPSA) is 57.2 Å². The van der Waals surface area contributed by atoms with Gasteiger partial charge in [0.1, 0.15) is 0 Å². The highest BCUT2D eigenvalue weighted by atomic mass is 16.2. The maximum Gasteiger partial charge on any atom is 0.273 e. The molecule has 108 valence electrons. The average Bonchev–Trinajstić information content (AvgIpc) is 3.21. The van der Waals surface area contributed by atoms with E-state index in [0.717, 1.165) is 22.7 Å². The number of aromatic amines is 1. The first kappa shape index (κ1) is 12.6. The molecule has 1 amide bonds. The van der Waals surface area contributed by atoms with Crippen molar-refractivity contribution in [2.45, 2.75) is 25.7 Å². The van der Waals surface area contributed by atoms with Crippen LogP contribution in [0.3, 0.4) is 0 Å². The molecule has 0 saturated heterocycles. The van der Waals surface area contributed by atoms with Crippen molar-refractivity contribution in [2.75, 3.05) is 0 Å². The molecule has 0 aliphatic heterocycles. The fourth-order valence-corrected chi connectivity index (χ4v) is 3.99. The van der Waals surface area contributed by atoms with Gasteiger partial charge in [0.15, 0.2) is 0 Å². The van der Waals surface area contributed by atoms with Gasteiger partial charge >= 0.3 is 0 Å². The standard InChI is InChI=1S/C17H19N3O/c21-17(15-10-18-16-4-2-1-3-14(15)16)20-19-9-13-8-11-5-6-12(13)7-11/h1-4,9-13,18H,5-8H2,(H,20,21)/t11-,12-,13-/m0/s1. The molecular formula is C17H19N3O. The molecule has 2 aromatic rings. The minimum absolute atomic E-state index is 0.146. The van der Waals surface area contributed by atoms with E-state index in [4.69, 9.17) is 0 Å². The van der Waals surface area contributed by atoms with Crippen molar-refractivity contribution in [3.05, 3.63) is 36.0 Å². The molecule has 2 fully saturated rings. The number of hydrazone groups is 1. The number of carbonyl (C=O) groups is 1. The fourth-order valence-electron chi connectivity index (χ4n) is 3.99. The zero-order valence-electron chi connectivity index (χ0n) is 11.9. The summed E-state index contributed by atoms with van der Waals surface area (Å²) >= 11 is 0. The highest BCUT2D eigenvalue weighted by Gasteiger charge is 2.38. The van der Waals surface area contributed by atoms with Gasteiger partial charge in [0.25, 0.3) is 5.91 Å². The number of amides is 1. The predicted molar refractivity (Wildman–Crippen MR) is 83.2 cm³/mol. The summed E-state index contributed by atoms with van der Waals surface area (Å²) < 4.78 is 0. The van der Waals surface area contributed by atoms with E-state index in [2.05, 4.69) is 15.5 Å². The molecule has 1 aromatic carbocycles. The van der Waals surface area contributed by atoms with Crippen LogP contribution in [-0.2, 0) is 0 Å². The van der Waals surface area contributed by atoms with Gasteiger partial charge in [0.05, 0.1) is 5.56 Å². The number of hydrogen-bond acceptors (Lipinski definition) is 2. The maximum absolute atomic E-state index is 12.2. The zero-order valence-corrected chi connectivity index (χ0v) is 11.9. The van der Waals surface area contributed by atoms with Crippen molar-refractivity contribution >= 4 is 23.0 Å². The van der Waals surface area contributed by atoms with E-state index in [1.165, 1.54) is 25.7 Å². The molecule has 2 N–H and O–H groups in total. The maximum atomic E-state index is 12.2. The molecular weight excluding hydrogens is 262 g/mol. The Bertz CT molecular complexity index is 703. The Morgan fingerprint density at radius 2 is 2.19 bits per heavy atom. The lowest BCUT2D eigenvalue weighted by atomic mass is 9.90. The normalized spacial score (nSPS) is 27.7. The number of nitrogens with zero attached hydrogens (tertiary/aromatic N) is 1. The Morgan fingerprint density at radius 1 is 1.29 bits per heavy atom. The molecule has 2 bridgehead atoms. The van der Waals surface area contributed by atoms with Gasteiger partial charge in [-0.25, -0.2) is 5.43 Å². The molecule has 2 aliphatic rings. The Morgan fingerprint density at radius 3 is 3.00 bits per heavy atom. The lowest BCUT2D eigenvalue weighted by molar-refractivity contribution is 0.0956. The summed E-state index contributed by atoms with van der Waals surface area (Å²) in [5, 5.41) is 5.13. The summed E-state index contributed by atoms with van der Waals surface area (Å²) in [6.07, 6.45) is 9.02. The van der Waals surface area contributed by atoms with E-state index in [1.54, 1.807) is 6.20 Å². The molecule has 2 aliphatic carbocycles. The molecule has 0 unspecified atom stereocenters. The smallest absolute Gasteiger partial charge is 0.273 e. The van der Waals surface area contributed by atoms with Crippen LogP contribution in [0.1, 0.15) is 36.0 Å². The first-order valence-electron chi connectivity index (χ1n) is 7.71. The second kappa shape index (κ2) is 5.02. The second-order valence-electron chi connectivity index (χ2n) is 6.31. The number of rotatable bonds is 3. The first-order valence-corrected chi connectivity index (χ1v) is 7.71. The van der Waals surface area contributed by atoms with E-state index in [-0.39, 0.29) is 5.91 Å². The summed E-state index contributed by atoms with van der Waals surface area (Å²) in [5.74, 6) is 2.11. The quantitative estimate of drug-likeness (QED) is 0.658. The Labute approximate surface area is 123 Å². The molecule has 1 aromatic heterocycles. The number of carbonyl (C=O) groups excluding carboxylic acids is 1. The van der Waals surface area contributed by atoms with Crippen molar-refractivity contribution < 1.29 is 4.79 Å². The summed E-state index contributed by atoms with van der Waals surface area (Å²) in [7, 11) is 0. The number of aromatic nitrogens is 1. The lowest BCUT2D eigenvalue weighted by Crippen LogP contribution is -2.19. The van der Waals surface area contributed by atoms with Crippen LogP contribution in [-0.4, -0.2) is 17.1 Å². The fraction of sp³-hybridized carbons (Fsp3) is 0.412. The van der Waals surface area contributed by atoms with Crippen LogP contribution in [0.15, 0.2) is 35.6 Å². The summed E-state index contributed by atoms with van der Waals surface area (Å²) in [5.41, 5.74) is 4.29. The van der Waals surface area contributed by atoms with E-state index >= 15 is 0 Å². The Hall–Kier alpha value is -2.10. The van der Waals surface area contributed by atoms with Gasteiger partial charge < -0.3 is 4.98 Å². The average molecular weight is 281 g/mol. The van der Waals surface area contributed by atoms with E-state index in [1.807, 2.05) is 30.5 Å². The van der Waals surface area contributed by atoms with Crippen LogP contribution in [0, 0.1) is 17.8 Å². The van der Waals surface area contributed by atoms with Gasteiger partial charge in [-0.3, -0.25) is 4.79 Å². The zero-order chi connectivity index (χ0) is 14.2. The van der Waals surface area contributed by atoms with Crippen LogP contribution < -0.4 is 5.43 Å². The van der Waals surface area contributed by atoms with Crippen LogP contribution in [0.25, 0.3) is 10.9 Å². The number of nitrogens with one attached hydrogen (secondary N) is 2. The Kier molecular flexibility index (Phi) is 3.02. The van der Waals surface area contributed by atoms with E-state index in [9.17, 15) is 4.79 Å². The summed E-state index contributed by atoms with van der Waals surface area (Å²) in [4.78, 5) is 15.3. The number of para-hydroxylation sites is 1. The molecule has 1 heterocycles. The number of benzene rings is 1. The molecule has 3 atom stereocenters. The molecule has 0 spiro atoms. The molecule has 4 heteroatoms. The summed E-state index contributed by atoms with van der Waals surface area (Å²) in [6.45, 7) is 0. The highest BCUT2D eigenvalue weighted by Crippen LogP contribution is 2.47. The van der Waals surface area contributed by atoms with E-state index < -0.39 is 0 Å². The van der Waals surface area contributed by atoms with Gasteiger partial charge in [0.2, 0.25) is 0 Å². The van der Waals surface area contributed by atoms with Crippen molar-refractivity contribution in [1.29, 1.82) is 0 Å². The SMILES string of the molecule is O=C(NN=C[C@@H]1C[C@H]2CC[C@H]1C2)c1c[nH]c2ccccc12. The molecule has 21 heavy (non-hydrogen) atoms. The lowest BCUT2D eigenvalue weighted by Gasteiger charge is -2.16. The second-order valence-corrected chi connectivity index (χ2v) is 6.31. The Balaban J connectivity index is 1.44. The van der Waals surface area contributed by atoms with Crippen LogP contribution in [0.2, 0.25) is 0 Å².